The van der Waals surface area contributed by atoms with Crippen molar-refractivity contribution in [2.45, 2.75) is 24.8 Å². The van der Waals surface area contributed by atoms with E-state index in [2.05, 4.69) is 0 Å². The number of nitrogens with zero attached hydrogens (tertiary/aromatic N) is 1. The molecule has 0 saturated carbocycles. The number of carbonyl (C=O) groups is 1. The lowest BCUT2D eigenvalue weighted by atomic mass is 10.1. The fourth-order valence-corrected chi connectivity index (χ4v) is 5.41. The van der Waals surface area contributed by atoms with Gasteiger partial charge in [-0.2, -0.15) is 0 Å². The Kier molecular flexibility index (Phi) is 5.52. The number of anilines is 1. The second kappa shape index (κ2) is 8.16. The van der Waals surface area contributed by atoms with Crippen molar-refractivity contribution in [1.82, 2.24) is 0 Å². The van der Waals surface area contributed by atoms with E-state index in [0.717, 1.165) is 11.1 Å². The minimum atomic E-state index is -4.18. The Hall–Kier alpha value is -3.58. The molecule has 0 saturated heterocycles. The van der Waals surface area contributed by atoms with Gasteiger partial charge in [0.25, 0.3) is 5.91 Å². The van der Waals surface area contributed by atoms with E-state index in [1.165, 1.54) is 24.1 Å². The van der Waals surface area contributed by atoms with E-state index in [1.807, 2.05) is 26.0 Å². The third kappa shape index (κ3) is 3.65. The first-order chi connectivity index (χ1) is 15.2. The number of carbonyl (C=O) groups excluding carboxylic acids is 1. The zero-order valence-electron chi connectivity index (χ0n) is 17.9. The van der Waals surface area contributed by atoms with Crippen LogP contribution in [0.5, 0.6) is 5.75 Å². The summed E-state index contributed by atoms with van der Waals surface area (Å²) in [5.41, 5.74) is 2.88. The van der Waals surface area contributed by atoms with Crippen molar-refractivity contribution >= 4 is 21.4 Å². The minimum Gasteiger partial charge on any atom is -0.502 e. The number of sulfone groups is 1. The summed E-state index contributed by atoms with van der Waals surface area (Å²) < 4.78 is 32.6. The molecule has 1 N–H and O–H groups in total. The van der Waals surface area contributed by atoms with Crippen LogP contribution in [0.15, 0.2) is 88.4 Å². The molecular formula is C25H23NO5S. The monoisotopic (exact) mass is 449 g/mol. The SMILES string of the molecule is COc1cccc([C@H]2C(S(=O)(=O)c3ccc(C)cc3)=C(O)C(=O)N2c2ccc(C)cc2)c1. The zero-order chi connectivity index (χ0) is 23.0. The number of benzene rings is 3. The number of ether oxygens (including phenoxy) is 1. The Morgan fingerprint density at radius 1 is 0.906 bits per heavy atom. The molecule has 0 radical (unpaired) electrons. The van der Waals surface area contributed by atoms with Gasteiger partial charge in [-0.05, 0) is 55.8 Å². The zero-order valence-corrected chi connectivity index (χ0v) is 18.8. The van der Waals surface area contributed by atoms with Crippen LogP contribution in [0.25, 0.3) is 0 Å². The van der Waals surface area contributed by atoms with Crippen LogP contribution in [0.2, 0.25) is 0 Å². The maximum absolute atomic E-state index is 13.6. The molecule has 1 aliphatic rings. The van der Waals surface area contributed by atoms with E-state index >= 15 is 0 Å². The summed E-state index contributed by atoms with van der Waals surface area (Å²) >= 11 is 0. The molecule has 32 heavy (non-hydrogen) atoms. The molecule has 1 aliphatic heterocycles. The molecule has 0 spiro atoms. The highest BCUT2D eigenvalue weighted by atomic mass is 32.2. The summed E-state index contributed by atoms with van der Waals surface area (Å²) in [6.45, 7) is 3.77. The van der Waals surface area contributed by atoms with Gasteiger partial charge in [-0.15, -0.1) is 0 Å². The molecule has 0 fully saturated rings. The van der Waals surface area contributed by atoms with Crippen LogP contribution in [0, 0.1) is 13.8 Å². The van der Waals surface area contributed by atoms with Crippen LogP contribution >= 0.6 is 0 Å². The number of aliphatic hydroxyl groups excluding tert-OH is 1. The fourth-order valence-electron chi connectivity index (χ4n) is 3.79. The largest absolute Gasteiger partial charge is 0.502 e. The van der Waals surface area contributed by atoms with E-state index in [1.54, 1.807) is 48.5 Å². The molecule has 1 atom stereocenters. The fraction of sp³-hybridized carbons (Fsp3) is 0.160. The second-order valence-corrected chi connectivity index (χ2v) is 9.64. The molecular weight excluding hydrogens is 426 g/mol. The van der Waals surface area contributed by atoms with Crippen molar-refractivity contribution in [1.29, 1.82) is 0 Å². The molecule has 0 bridgehead atoms. The van der Waals surface area contributed by atoms with Crippen molar-refractivity contribution < 1.29 is 23.1 Å². The molecule has 0 aliphatic carbocycles. The smallest absolute Gasteiger partial charge is 0.295 e. The average molecular weight is 450 g/mol. The third-order valence-corrected chi connectivity index (χ3v) is 7.39. The standard InChI is InChI=1S/C25H23NO5S/c1-16-7-11-19(12-8-16)26-22(18-5-4-6-20(15-18)31-3)24(23(27)25(26)28)32(29,30)21-13-9-17(2)10-14-21/h4-15,22,27H,1-3H3/t22-/m0/s1. The van der Waals surface area contributed by atoms with Gasteiger partial charge < -0.3 is 9.84 Å². The van der Waals surface area contributed by atoms with E-state index in [4.69, 9.17) is 4.74 Å². The first-order valence-corrected chi connectivity index (χ1v) is 11.5. The number of aryl methyl sites for hydroxylation is 2. The number of hydrogen-bond donors (Lipinski definition) is 1. The summed E-state index contributed by atoms with van der Waals surface area (Å²) in [6, 6.07) is 19.2. The molecule has 1 amide bonds. The first kappa shape index (κ1) is 21.6. The number of amides is 1. The summed E-state index contributed by atoms with van der Waals surface area (Å²) in [7, 11) is -2.67. The molecule has 164 valence electrons. The molecule has 0 aromatic heterocycles. The highest BCUT2D eigenvalue weighted by Crippen LogP contribution is 2.45. The lowest BCUT2D eigenvalue weighted by Crippen LogP contribution is -2.31. The molecule has 3 aromatic carbocycles. The maximum Gasteiger partial charge on any atom is 0.295 e. The highest BCUT2D eigenvalue weighted by molar-refractivity contribution is 7.95. The number of aliphatic hydroxyl groups is 1. The Bertz CT molecular complexity index is 1310. The van der Waals surface area contributed by atoms with Crippen molar-refractivity contribution in [2.75, 3.05) is 12.0 Å². The first-order valence-electron chi connectivity index (χ1n) is 10.0. The van der Waals surface area contributed by atoms with Gasteiger partial charge in [0.2, 0.25) is 9.84 Å². The quantitative estimate of drug-likeness (QED) is 0.613. The molecule has 6 nitrogen and oxygen atoms in total. The van der Waals surface area contributed by atoms with Crippen LogP contribution in [0.4, 0.5) is 5.69 Å². The third-order valence-electron chi connectivity index (χ3n) is 5.50. The van der Waals surface area contributed by atoms with Crippen LogP contribution in [0.3, 0.4) is 0 Å². The molecule has 7 heteroatoms. The van der Waals surface area contributed by atoms with Gasteiger partial charge >= 0.3 is 0 Å². The summed E-state index contributed by atoms with van der Waals surface area (Å²) in [5.74, 6) is -1.04. The summed E-state index contributed by atoms with van der Waals surface area (Å²) in [4.78, 5) is 14.2. The minimum absolute atomic E-state index is 0.0103. The van der Waals surface area contributed by atoms with E-state index in [0.29, 0.717) is 17.0 Å². The van der Waals surface area contributed by atoms with Gasteiger partial charge in [0, 0.05) is 5.69 Å². The number of methoxy groups -OCH3 is 1. The van der Waals surface area contributed by atoms with E-state index in [-0.39, 0.29) is 9.80 Å². The average Bonchev–Trinajstić information content (AvgIpc) is 3.06. The highest BCUT2D eigenvalue weighted by Gasteiger charge is 2.47. The Morgan fingerprint density at radius 3 is 2.09 bits per heavy atom. The van der Waals surface area contributed by atoms with Gasteiger partial charge in [-0.25, -0.2) is 8.42 Å². The summed E-state index contributed by atoms with van der Waals surface area (Å²) in [6.07, 6.45) is 0. The lowest BCUT2D eigenvalue weighted by molar-refractivity contribution is -0.117. The maximum atomic E-state index is 13.6. The van der Waals surface area contributed by atoms with Crippen molar-refractivity contribution in [3.05, 3.63) is 100 Å². The summed E-state index contributed by atoms with van der Waals surface area (Å²) in [5, 5.41) is 10.8. The van der Waals surface area contributed by atoms with E-state index < -0.39 is 27.5 Å². The van der Waals surface area contributed by atoms with Gasteiger partial charge in [0.05, 0.1) is 12.0 Å². The Morgan fingerprint density at radius 2 is 1.50 bits per heavy atom. The normalized spacial score (nSPS) is 16.5. The lowest BCUT2D eigenvalue weighted by Gasteiger charge is -2.27. The number of rotatable bonds is 5. The van der Waals surface area contributed by atoms with Crippen LogP contribution < -0.4 is 9.64 Å². The van der Waals surface area contributed by atoms with Crippen molar-refractivity contribution in [2.24, 2.45) is 0 Å². The van der Waals surface area contributed by atoms with Crippen molar-refractivity contribution in [3.63, 3.8) is 0 Å². The predicted octanol–water partition coefficient (Wildman–Crippen LogP) is 4.64. The van der Waals surface area contributed by atoms with E-state index in [9.17, 15) is 18.3 Å². The van der Waals surface area contributed by atoms with Crippen LogP contribution in [-0.2, 0) is 14.6 Å². The molecule has 1 heterocycles. The second-order valence-electron chi connectivity index (χ2n) is 7.72. The number of hydrogen-bond acceptors (Lipinski definition) is 5. The van der Waals surface area contributed by atoms with Crippen LogP contribution in [0.1, 0.15) is 22.7 Å². The topological polar surface area (TPSA) is 83.9 Å². The molecule has 0 unspecified atom stereocenters. The predicted molar refractivity (Wildman–Crippen MR) is 122 cm³/mol. The van der Waals surface area contributed by atoms with Gasteiger partial charge in [-0.1, -0.05) is 47.5 Å². The Balaban J connectivity index is 1.94. The van der Waals surface area contributed by atoms with Gasteiger partial charge in [-0.3, -0.25) is 9.69 Å². The van der Waals surface area contributed by atoms with Gasteiger partial charge in [0.15, 0.2) is 5.76 Å². The Labute approximate surface area is 187 Å². The molecule has 4 rings (SSSR count). The van der Waals surface area contributed by atoms with Gasteiger partial charge in [0.1, 0.15) is 16.7 Å². The van der Waals surface area contributed by atoms with Crippen molar-refractivity contribution in [3.8, 4) is 5.75 Å². The molecule has 3 aromatic rings. The van der Waals surface area contributed by atoms with Crippen LogP contribution in [-0.4, -0.2) is 26.5 Å².